The van der Waals surface area contributed by atoms with E-state index in [0.717, 1.165) is 33.4 Å². The van der Waals surface area contributed by atoms with Gasteiger partial charge in [-0.2, -0.15) is 0 Å². The van der Waals surface area contributed by atoms with E-state index in [1.807, 2.05) is 39.0 Å². The molecule has 0 unspecified atom stereocenters. The third-order valence-electron chi connectivity index (χ3n) is 5.47. The van der Waals surface area contributed by atoms with Gasteiger partial charge in [-0.3, -0.25) is 0 Å². The van der Waals surface area contributed by atoms with E-state index in [0.29, 0.717) is 0 Å². The van der Waals surface area contributed by atoms with E-state index in [1.54, 1.807) is 57.2 Å². The number of carbonyl (C=O) groups is 3. The van der Waals surface area contributed by atoms with Gasteiger partial charge in [-0.1, -0.05) is 54.6 Å². The van der Waals surface area contributed by atoms with Crippen LogP contribution in [0.5, 0.6) is 0 Å². The molecule has 0 N–H and O–H groups in total. The zero-order valence-corrected chi connectivity index (χ0v) is 23.5. The minimum atomic E-state index is -1.11. The van der Waals surface area contributed by atoms with Crippen LogP contribution in [0.15, 0.2) is 54.6 Å². The van der Waals surface area contributed by atoms with Crippen molar-refractivity contribution in [3.63, 3.8) is 0 Å². The molecule has 0 heterocycles. The molecule has 0 bridgehead atoms. The number of carboxylic acids is 3. The average molecular weight is 562 g/mol. The Bertz CT molecular complexity index is 1020. The number of carbonyl (C=O) groups excluding carboxylic acids is 3. The summed E-state index contributed by atoms with van der Waals surface area (Å²) in [5.74, 6) is -3.32. The number of hydrogen-bond donors (Lipinski definition) is 0. The standard InChI is InChI=1S/3C9H10O2.In/c3*1-6-4-3-5-8(7(6)2)9(10)11;/h3*3-5H,1-2H3,(H,10,11);/q;;;+3/p-3. The van der Waals surface area contributed by atoms with Crippen LogP contribution in [-0.2, 0) is 0 Å². The van der Waals surface area contributed by atoms with E-state index in [-0.39, 0.29) is 42.5 Å². The summed E-state index contributed by atoms with van der Waals surface area (Å²) in [6.07, 6.45) is 0. The Morgan fingerprint density at radius 1 is 0.471 bits per heavy atom. The van der Waals surface area contributed by atoms with Crippen molar-refractivity contribution in [1.29, 1.82) is 0 Å². The van der Waals surface area contributed by atoms with Crippen LogP contribution in [0.2, 0.25) is 0 Å². The normalized spacial score (nSPS) is 9.35. The van der Waals surface area contributed by atoms with Gasteiger partial charge in [0.05, 0.1) is 17.9 Å². The van der Waals surface area contributed by atoms with Crippen LogP contribution in [-0.4, -0.2) is 43.8 Å². The molecule has 0 aliphatic rings. The third kappa shape index (κ3) is 8.71. The Kier molecular flexibility index (Phi) is 13.0. The summed E-state index contributed by atoms with van der Waals surface area (Å²) in [5, 5.41) is 31.4. The average Bonchev–Trinajstić information content (AvgIpc) is 2.74. The Morgan fingerprint density at radius 3 is 0.824 bits per heavy atom. The smallest absolute Gasteiger partial charge is 0.545 e. The Balaban J connectivity index is 0.000000473. The van der Waals surface area contributed by atoms with E-state index in [4.69, 9.17) is 0 Å². The number of hydrogen-bond acceptors (Lipinski definition) is 6. The fourth-order valence-corrected chi connectivity index (χ4v) is 2.92. The van der Waals surface area contributed by atoms with Crippen LogP contribution >= 0.6 is 0 Å². The van der Waals surface area contributed by atoms with Crippen molar-refractivity contribution in [3.05, 3.63) is 105 Å². The predicted octanol–water partition coefficient (Wildman–Crippen LogP) is 1.62. The van der Waals surface area contributed by atoms with Crippen LogP contribution in [0.4, 0.5) is 0 Å². The molecule has 3 aromatic carbocycles. The monoisotopic (exact) mass is 562 g/mol. The zero-order chi connectivity index (χ0) is 25.3. The van der Waals surface area contributed by atoms with Crippen molar-refractivity contribution < 1.29 is 29.7 Å². The van der Waals surface area contributed by atoms with Crippen LogP contribution in [0.25, 0.3) is 0 Å². The van der Waals surface area contributed by atoms with E-state index in [1.165, 1.54) is 0 Å². The second-order valence-electron chi connectivity index (χ2n) is 7.60. The first-order valence-corrected chi connectivity index (χ1v) is 10.2. The predicted molar refractivity (Wildman–Crippen MR) is 126 cm³/mol. The first kappa shape index (κ1) is 30.9. The largest absolute Gasteiger partial charge is 3.00 e. The molecule has 3 rings (SSSR count). The SMILES string of the molecule is Cc1cccc(C(=O)[O-])c1C.Cc1cccc(C(=O)[O-])c1C.Cc1cccc(C(=O)[O-])c1C.[In+3]. The summed E-state index contributed by atoms with van der Waals surface area (Å²) >= 11 is 0. The van der Waals surface area contributed by atoms with Gasteiger partial charge in [0.25, 0.3) is 0 Å². The summed E-state index contributed by atoms with van der Waals surface area (Å²) in [5.41, 5.74) is 6.14. The fraction of sp³-hybridized carbons (Fsp3) is 0.222. The summed E-state index contributed by atoms with van der Waals surface area (Å²) in [6, 6.07) is 15.4. The quantitative estimate of drug-likeness (QED) is 0.479. The first-order chi connectivity index (χ1) is 15.4. The molecule has 0 atom stereocenters. The summed E-state index contributed by atoms with van der Waals surface area (Å²) in [7, 11) is 0. The Morgan fingerprint density at radius 2 is 0.676 bits per heavy atom. The molecule has 0 fully saturated rings. The van der Waals surface area contributed by atoms with Crippen LogP contribution < -0.4 is 15.3 Å². The minimum absolute atomic E-state index is 0. The summed E-state index contributed by atoms with van der Waals surface area (Å²) in [4.78, 5) is 31.4. The molecule has 0 amide bonds. The van der Waals surface area contributed by atoms with Crippen LogP contribution in [0.3, 0.4) is 0 Å². The first-order valence-electron chi connectivity index (χ1n) is 10.2. The van der Waals surface area contributed by atoms with Crippen LogP contribution in [0, 0.1) is 41.5 Å². The molecule has 3 aromatic rings. The molecule has 0 aliphatic carbocycles. The summed E-state index contributed by atoms with van der Waals surface area (Å²) < 4.78 is 0. The Labute approximate surface area is 219 Å². The second-order valence-corrected chi connectivity index (χ2v) is 7.60. The van der Waals surface area contributed by atoms with Crippen molar-refractivity contribution in [3.8, 4) is 0 Å². The van der Waals surface area contributed by atoms with Gasteiger partial charge in [0, 0.05) is 16.7 Å². The maximum absolute atomic E-state index is 10.5. The number of rotatable bonds is 3. The molecular formula is C27H27InO6. The zero-order valence-electron chi connectivity index (χ0n) is 20.2. The molecule has 0 aliphatic heterocycles. The second kappa shape index (κ2) is 14.3. The maximum atomic E-state index is 10.5. The molecule has 174 valence electrons. The number of aryl methyl sites for hydroxylation is 3. The fourth-order valence-electron chi connectivity index (χ4n) is 2.92. The van der Waals surface area contributed by atoms with E-state index in [9.17, 15) is 29.7 Å². The van der Waals surface area contributed by atoms with Gasteiger partial charge in [0.15, 0.2) is 0 Å². The van der Waals surface area contributed by atoms with Crippen molar-refractivity contribution in [2.45, 2.75) is 41.5 Å². The molecular weight excluding hydrogens is 535 g/mol. The number of carboxylic acid groups (broad SMARTS) is 3. The van der Waals surface area contributed by atoms with Crippen molar-refractivity contribution in [2.24, 2.45) is 0 Å². The van der Waals surface area contributed by atoms with Gasteiger partial charge < -0.3 is 29.7 Å². The molecule has 0 radical (unpaired) electrons. The van der Waals surface area contributed by atoms with E-state index < -0.39 is 17.9 Å². The molecule has 0 saturated carbocycles. The number of aromatic carboxylic acids is 3. The molecule has 6 nitrogen and oxygen atoms in total. The minimum Gasteiger partial charge on any atom is -0.545 e. The van der Waals surface area contributed by atoms with Crippen molar-refractivity contribution >= 4 is 43.8 Å². The van der Waals surface area contributed by atoms with Gasteiger partial charge in [-0.25, -0.2) is 0 Å². The molecule has 7 heteroatoms. The van der Waals surface area contributed by atoms with Gasteiger partial charge in [0.2, 0.25) is 0 Å². The molecule has 0 spiro atoms. The van der Waals surface area contributed by atoms with Gasteiger partial charge in [-0.05, 0) is 74.9 Å². The Hall–Kier alpha value is -3.06. The van der Waals surface area contributed by atoms with Gasteiger partial charge in [0.1, 0.15) is 0 Å². The van der Waals surface area contributed by atoms with Gasteiger partial charge in [-0.15, -0.1) is 0 Å². The van der Waals surface area contributed by atoms with E-state index in [2.05, 4.69) is 0 Å². The van der Waals surface area contributed by atoms with Gasteiger partial charge >= 0.3 is 25.8 Å². The maximum Gasteiger partial charge on any atom is 3.00 e. The van der Waals surface area contributed by atoms with Crippen molar-refractivity contribution in [2.75, 3.05) is 0 Å². The van der Waals surface area contributed by atoms with E-state index >= 15 is 0 Å². The van der Waals surface area contributed by atoms with Crippen LogP contribution in [0.1, 0.15) is 64.5 Å². The third-order valence-corrected chi connectivity index (χ3v) is 5.47. The number of benzene rings is 3. The molecule has 0 saturated heterocycles. The molecule has 0 aromatic heterocycles. The molecule has 34 heavy (non-hydrogen) atoms. The topological polar surface area (TPSA) is 120 Å². The summed E-state index contributed by atoms with van der Waals surface area (Å²) in [6.45, 7) is 11.0. The van der Waals surface area contributed by atoms with Crippen molar-refractivity contribution in [1.82, 2.24) is 0 Å².